The maximum atomic E-state index is 12.4. The molecular formula is C15H18N2O2. The van der Waals surface area contributed by atoms with Gasteiger partial charge in [0.1, 0.15) is 0 Å². The van der Waals surface area contributed by atoms with Crippen LogP contribution in [-0.4, -0.2) is 40.1 Å². The second kappa shape index (κ2) is 4.38. The van der Waals surface area contributed by atoms with Crippen LogP contribution in [0.25, 0.3) is 10.9 Å². The Morgan fingerprint density at radius 1 is 1.42 bits per heavy atom. The highest BCUT2D eigenvalue weighted by Crippen LogP contribution is 2.23. The lowest BCUT2D eigenvalue weighted by molar-refractivity contribution is 0.0765. The van der Waals surface area contributed by atoms with Crippen molar-refractivity contribution in [3.8, 4) is 0 Å². The summed E-state index contributed by atoms with van der Waals surface area (Å²) in [5.41, 5.74) is 4.08. The van der Waals surface area contributed by atoms with Gasteiger partial charge in [0.15, 0.2) is 0 Å². The zero-order valence-corrected chi connectivity index (χ0v) is 11.2. The normalized spacial score (nSPS) is 19.3. The van der Waals surface area contributed by atoms with Gasteiger partial charge in [0.25, 0.3) is 5.91 Å². The Hall–Kier alpha value is -1.81. The minimum Gasteiger partial charge on any atom is -0.391 e. The van der Waals surface area contributed by atoms with Gasteiger partial charge in [0.05, 0.1) is 6.10 Å². The molecule has 1 aliphatic heterocycles. The predicted molar refractivity (Wildman–Crippen MR) is 74.3 cm³/mol. The van der Waals surface area contributed by atoms with Crippen LogP contribution < -0.4 is 0 Å². The Kier molecular flexibility index (Phi) is 2.82. The number of rotatable bonds is 1. The quantitative estimate of drug-likeness (QED) is 0.822. The van der Waals surface area contributed by atoms with Gasteiger partial charge in [-0.3, -0.25) is 4.79 Å². The number of aromatic nitrogens is 1. The molecule has 4 heteroatoms. The standard InChI is InChI=1S/C15H18N2O2/c1-9-10(2)16-14-4-3-11(7-13(9)14)15(19)17-6-5-12(18)8-17/h3-4,7,12,16,18H,5-6,8H2,1-2H3/t12-/m1/s1. The Labute approximate surface area is 112 Å². The summed E-state index contributed by atoms with van der Waals surface area (Å²) in [5, 5.41) is 10.6. The molecule has 4 nitrogen and oxygen atoms in total. The largest absolute Gasteiger partial charge is 0.391 e. The molecule has 2 N–H and O–H groups in total. The molecule has 1 aromatic carbocycles. The van der Waals surface area contributed by atoms with Gasteiger partial charge in [0.2, 0.25) is 0 Å². The maximum absolute atomic E-state index is 12.4. The fraction of sp³-hybridized carbons (Fsp3) is 0.400. The molecule has 0 unspecified atom stereocenters. The monoisotopic (exact) mass is 258 g/mol. The van der Waals surface area contributed by atoms with E-state index in [0.717, 1.165) is 16.6 Å². The van der Waals surface area contributed by atoms with Crippen LogP contribution in [0.1, 0.15) is 28.0 Å². The zero-order chi connectivity index (χ0) is 13.6. The predicted octanol–water partition coefficient (Wildman–Crippen LogP) is 1.99. The molecule has 2 aromatic rings. The van der Waals surface area contributed by atoms with Crippen LogP contribution in [-0.2, 0) is 0 Å². The van der Waals surface area contributed by atoms with Gasteiger partial charge in [-0.05, 0) is 44.0 Å². The van der Waals surface area contributed by atoms with Crippen molar-refractivity contribution >= 4 is 16.8 Å². The number of β-amino-alcohol motifs (C(OH)–C–C–N with tert-alkyl or cyclic N) is 1. The van der Waals surface area contributed by atoms with E-state index >= 15 is 0 Å². The molecule has 1 amide bonds. The van der Waals surface area contributed by atoms with Crippen molar-refractivity contribution in [2.75, 3.05) is 13.1 Å². The second-order valence-corrected chi connectivity index (χ2v) is 5.33. The first-order valence-corrected chi connectivity index (χ1v) is 6.62. The number of nitrogens with zero attached hydrogens (tertiary/aromatic N) is 1. The first kappa shape index (κ1) is 12.2. The van der Waals surface area contributed by atoms with Gasteiger partial charge in [-0.25, -0.2) is 0 Å². The molecule has 1 saturated heterocycles. The van der Waals surface area contributed by atoms with Gasteiger partial charge in [-0.2, -0.15) is 0 Å². The lowest BCUT2D eigenvalue weighted by Gasteiger charge is -2.15. The number of aromatic amines is 1. The van der Waals surface area contributed by atoms with E-state index in [4.69, 9.17) is 0 Å². The molecule has 1 aromatic heterocycles. The SMILES string of the molecule is Cc1[nH]c2ccc(C(=O)N3CC[C@@H](O)C3)cc2c1C. The molecule has 100 valence electrons. The molecule has 1 fully saturated rings. The number of carbonyl (C=O) groups excluding carboxylic acids is 1. The number of amides is 1. The fourth-order valence-electron chi connectivity index (χ4n) is 2.70. The number of fused-ring (bicyclic) bond motifs is 1. The number of hydrogen-bond acceptors (Lipinski definition) is 2. The van der Waals surface area contributed by atoms with E-state index < -0.39 is 0 Å². The first-order valence-electron chi connectivity index (χ1n) is 6.62. The summed E-state index contributed by atoms with van der Waals surface area (Å²) in [6, 6.07) is 5.75. The van der Waals surface area contributed by atoms with Crippen molar-refractivity contribution in [1.82, 2.24) is 9.88 Å². The van der Waals surface area contributed by atoms with Crippen LogP contribution in [0.15, 0.2) is 18.2 Å². The third kappa shape index (κ3) is 2.02. The van der Waals surface area contributed by atoms with E-state index in [1.165, 1.54) is 5.56 Å². The van der Waals surface area contributed by atoms with Crippen LogP contribution in [0.4, 0.5) is 0 Å². The molecule has 1 atom stereocenters. The second-order valence-electron chi connectivity index (χ2n) is 5.33. The number of H-pyrrole nitrogens is 1. The van der Waals surface area contributed by atoms with E-state index in [0.29, 0.717) is 25.1 Å². The van der Waals surface area contributed by atoms with E-state index in [1.54, 1.807) is 4.90 Å². The highest BCUT2D eigenvalue weighted by molar-refractivity contribution is 5.99. The number of hydrogen-bond donors (Lipinski definition) is 2. The van der Waals surface area contributed by atoms with Crippen LogP contribution in [0.3, 0.4) is 0 Å². The van der Waals surface area contributed by atoms with Crippen molar-refractivity contribution in [2.24, 2.45) is 0 Å². The van der Waals surface area contributed by atoms with Crippen LogP contribution in [0, 0.1) is 13.8 Å². The molecule has 0 aliphatic carbocycles. The third-order valence-corrected chi connectivity index (χ3v) is 4.01. The van der Waals surface area contributed by atoms with Crippen LogP contribution in [0.5, 0.6) is 0 Å². The topological polar surface area (TPSA) is 56.3 Å². The summed E-state index contributed by atoms with van der Waals surface area (Å²) in [6.45, 7) is 5.18. The molecule has 0 bridgehead atoms. The van der Waals surface area contributed by atoms with Gasteiger partial charge in [-0.15, -0.1) is 0 Å². The molecule has 0 radical (unpaired) electrons. The summed E-state index contributed by atoms with van der Waals surface area (Å²) >= 11 is 0. The van der Waals surface area contributed by atoms with Crippen molar-refractivity contribution < 1.29 is 9.90 Å². The number of benzene rings is 1. The van der Waals surface area contributed by atoms with Gasteiger partial charge in [0, 0.05) is 35.2 Å². The Morgan fingerprint density at radius 3 is 2.89 bits per heavy atom. The lowest BCUT2D eigenvalue weighted by atomic mass is 10.1. The number of aryl methyl sites for hydroxylation is 2. The van der Waals surface area contributed by atoms with Crippen molar-refractivity contribution in [3.05, 3.63) is 35.0 Å². The van der Waals surface area contributed by atoms with Crippen molar-refractivity contribution in [2.45, 2.75) is 26.4 Å². The molecule has 19 heavy (non-hydrogen) atoms. The summed E-state index contributed by atoms with van der Waals surface area (Å²) in [6.07, 6.45) is 0.305. The molecule has 1 aliphatic rings. The summed E-state index contributed by atoms with van der Waals surface area (Å²) < 4.78 is 0. The first-order chi connectivity index (χ1) is 9.06. The van der Waals surface area contributed by atoms with Crippen molar-refractivity contribution in [3.63, 3.8) is 0 Å². The van der Waals surface area contributed by atoms with Gasteiger partial charge < -0.3 is 15.0 Å². The summed E-state index contributed by atoms with van der Waals surface area (Å²) in [4.78, 5) is 17.4. The number of carbonyl (C=O) groups is 1. The number of likely N-dealkylation sites (tertiary alicyclic amines) is 1. The van der Waals surface area contributed by atoms with Crippen LogP contribution in [0.2, 0.25) is 0 Å². The maximum Gasteiger partial charge on any atom is 0.253 e. The van der Waals surface area contributed by atoms with Crippen molar-refractivity contribution in [1.29, 1.82) is 0 Å². The van der Waals surface area contributed by atoms with E-state index in [9.17, 15) is 9.90 Å². The highest BCUT2D eigenvalue weighted by Gasteiger charge is 2.25. The minimum atomic E-state index is -0.371. The molecule has 3 rings (SSSR count). The average Bonchev–Trinajstić information content (AvgIpc) is 2.94. The van der Waals surface area contributed by atoms with E-state index in [2.05, 4.69) is 11.9 Å². The third-order valence-electron chi connectivity index (χ3n) is 4.01. The van der Waals surface area contributed by atoms with Crippen LogP contribution >= 0.6 is 0 Å². The Balaban J connectivity index is 1.96. The fourth-order valence-corrected chi connectivity index (χ4v) is 2.70. The highest BCUT2D eigenvalue weighted by atomic mass is 16.3. The molecular weight excluding hydrogens is 240 g/mol. The van der Waals surface area contributed by atoms with E-state index in [-0.39, 0.29) is 12.0 Å². The Bertz CT molecular complexity index is 645. The van der Waals surface area contributed by atoms with E-state index in [1.807, 2.05) is 25.1 Å². The lowest BCUT2D eigenvalue weighted by Crippen LogP contribution is -2.29. The number of nitrogens with one attached hydrogen (secondary N) is 1. The van der Waals surface area contributed by atoms with Gasteiger partial charge in [-0.1, -0.05) is 0 Å². The minimum absolute atomic E-state index is 0.0108. The zero-order valence-electron chi connectivity index (χ0n) is 11.2. The Morgan fingerprint density at radius 2 is 2.21 bits per heavy atom. The molecule has 0 spiro atoms. The number of aliphatic hydroxyl groups is 1. The smallest absolute Gasteiger partial charge is 0.253 e. The average molecular weight is 258 g/mol. The van der Waals surface area contributed by atoms with Gasteiger partial charge >= 0.3 is 0 Å². The molecule has 0 saturated carbocycles. The number of aliphatic hydroxyl groups excluding tert-OH is 1. The summed E-state index contributed by atoms with van der Waals surface area (Å²) in [7, 11) is 0. The summed E-state index contributed by atoms with van der Waals surface area (Å²) in [5.74, 6) is 0.0108. The molecule has 2 heterocycles.